The molecular formula is C14H16O2. The second-order valence-corrected chi connectivity index (χ2v) is 4.36. The summed E-state index contributed by atoms with van der Waals surface area (Å²) in [5.41, 5.74) is 2.05. The normalized spacial score (nSPS) is 11.2. The van der Waals surface area contributed by atoms with Crippen molar-refractivity contribution in [3.05, 3.63) is 35.6 Å². The van der Waals surface area contributed by atoms with Crippen molar-refractivity contribution in [3.63, 3.8) is 0 Å². The Morgan fingerprint density at radius 2 is 2.06 bits per heavy atom. The summed E-state index contributed by atoms with van der Waals surface area (Å²) < 4.78 is 5.54. The molecule has 1 aromatic heterocycles. The minimum Gasteiger partial charge on any atom is -0.453 e. The zero-order valence-electron chi connectivity index (χ0n) is 9.91. The first-order valence-corrected chi connectivity index (χ1v) is 5.68. The summed E-state index contributed by atoms with van der Waals surface area (Å²) in [6.07, 6.45) is 0.995. The number of hydrogen-bond acceptors (Lipinski definition) is 2. The number of ketones is 1. The van der Waals surface area contributed by atoms with Crippen molar-refractivity contribution in [1.29, 1.82) is 0 Å². The largest absolute Gasteiger partial charge is 0.453 e. The predicted octanol–water partition coefficient (Wildman–Crippen LogP) is 3.83. The van der Waals surface area contributed by atoms with Gasteiger partial charge in [0.25, 0.3) is 0 Å². The number of aryl methyl sites for hydroxylation is 1. The minimum absolute atomic E-state index is 0.0220. The van der Waals surface area contributed by atoms with Crippen molar-refractivity contribution < 1.29 is 9.21 Å². The summed E-state index contributed by atoms with van der Waals surface area (Å²) in [4.78, 5) is 11.8. The molecule has 0 aliphatic heterocycles. The average Bonchev–Trinajstić information content (AvgIpc) is 2.69. The van der Waals surface area contributed by atoms with Gasteiger partial charge in [-0.3, -0.25) is 4.79 Å². The van der Waals surface area contributed by atoms with Gasteiger partial charge in [0.15, 0.2) is 5.76 Å². The zero-order chi connectivity index (χ0) is 11.7. The topological polar surface area (TPSA) is 30.2 Å². The second-order valence-electron chi connectivity index (χ2n) is 4.36. The molecular weight excluding hydrogens is 200 g/mol. The lowest BCUT2D eigenvalue weighted by atomic mass is 10.1. The third-order valence-corrected chi connectivity index (χ3v) is 2.76. The van der Waals surface area contributed by atoms with Crippen LogP contribution in [0, 0.1) is 5.92 Å². The van der Waals surface area contributed by atoms with Crippen LogP contribution in [0.4, 0.5) is 0 Å². The number of Topliss-reactive ketones (excluding diaryl/α,β-unsaturated/α-hetero) is 1. The van der Waals surface area contributed by atoms with Gasteiger partial charge in [-0.25, -0.2) is 0 Å². The monoisotopic (exact) mass is 216 g/mol. The zero-order valence-corrected chi connectivity index (χ0v) is 9.91. The van der Waals surface area contributed by atoms with Crippen molar-refractivity contribution in [2.45, 2.75) is 27.2 Å². The van der Waals surface area contributed by atoms with Gasteiger partial charge in [0.2, 0.25) is 5.78 Å². The van der Waals surface area contributed by atoms with Crippen LogP contribution in [0.25, 0.3) is 11.0 Å². The Balaban J connectivity index is 2.47. The van der Waals surface area contributed by atoms with E-state index in [2.05, 4.69) is 13.0 Å². The van der Waals surface area contributed by atoms with Crippen LogP contribution in [-0.4, -0.2) is 5.78 Å². The van der Waals surface area contributed by atoms with Gasteiger partial charge in [0.05, 0.1) is 0 Å². The standard InChI is InChI=1S/C14H16O2/c1-4-10-5-6-12-11(7-10)8-13(16-12)14(15)9(2)3/h5-9H,4H2,1-3H3. The number of hydrogen-bond donors (Lipinski definition) is 0. The molecule has 2 aromatic rings. The van der Waals surface area contributed by atoms with Gasteiger partial charge in [-0.15, -0.1) is 0 Å². The van der Waals surface area contributed by atoms with E-state index in [0.29, 0.717) is 5.76 Å². The molecule has 0 bridgehead atoms. The molecule has 1 heterocycles. The molecule has 1 aromatic carbocycles. The summed E-state index contributed by atoms with van der Waals surface area (Å²) in [6, 6.07) is 7.90. The first-order chi connectivity index (χ1) is 7.61. The van der Waals surface area contributed by atoms with Gasteiger partial charge in [-0.1, -0.05) is 26.8 Å². The fraction of sp³-hybridized carbons (Fsp3) is 0.357. The van der Waals surface area contributed by atoms with Crippen LogP contribution in [0.5, 0.6) is 0 Å². The Labute approximate surface area is 95.3 Å². The summed E-state index contributed by atoms with van der Waals surface area (Å²) in [7, 11) is 0. The Morgan fingerprint density at radius 1 is 1.31 bits per heavy atom. The third kappa shape index (κ3) is 1.87. The fourth-order valence-electron chi connectivity index (χ4n) is 1.72. The van der Waals surface area contributed by atoms with E-state index in [-0.39, 0.29) is 11.7 Å². The average molecular weight is 216 g/mol. The van der Waals surface area contributed by atoms with Gasteiger partial charge in [0.1, 0.15) is 5.58 Å². The molecule has 0 atom stereocenters. The molecule has 0 aliphatic carbocycles. The number of carbonyl (C=O) groups is 1. The number of furan rings is 1. The first-order valence-electron chi connectivity index (χ1n) is 5.68. The molecule has 0 saturated heterocycles. The van der Waals surface area contributed by atoms with Gasteiger partial charge in [0, 0.05) is 11.3 Å². The molecule has 0 saturated carbocycles. The van der Waals surface area contributed by atoms with Gasteiger partial charge < -0.3 is 4.42 Å². The summed E-state index contributed by atoms with van der Waals surface area (Å²) >= 11 is 0. The van der Waals surface area contributed by atoms with Gasteiger partial charge in [-0.2, -0.15) is 0 Å². The van der Waals surface area contributed by atoms with E-state index in [4.69, 9.17) is 4.42 Å². The van der Waals surface area contributed by atoms with E-state index in [1.807, 2.05) is 32.0 Å². The molecule has 2 rings (SSSR count). The van der Waals surface area contributed by atoms with Crippen molar-refractivity contribution in [2.24, 2.45) is 5.92 Å². The lowest BCUT2D eigenvalue weighted by molar-refractivity contribution is 0.0913. The Morgan fingerprint density at radius 3 is 2.69 bits per heavy atom. The van der Waals surface area contributed by atoms with E-state index in [1.54, 1.807) is 0 Å². The first kappa shape index (κ1) is 10.9. The molecule has 0 amide bonds. The van der Waals surface area contributed by atoms with E-state index in [0.717, 1.165) is 17.4 Å². The fourth-order valence-corrected chi connectivity index (χ4v) is 1.72. The van der Waals surface area contributed by atoms with Crippen LogP contribution in [-0.2, 0) is 6.42 Å². The van der Waals surface area contributed by atoms with Crippen molar-refractivity contribution in [2.75, 3.05) is 0 Å². The maximum absolute atomic E-state index is 11.8. The van der Waals surface area contributed by atoms with Crippen molar-refractivity contribution in [1.82, 2.24) is 0 Å². The summed E-state index contributed by atoms with van der Waals surface area (Å²) in [6.45, 7) is 5.88. The molecule has 0 spiro atoms. The molecule has 0 N–H and O–H groups in total. The third-order valence-electron chi connectivity index (χ3n) is 2.76. The number of carbonyl (C=O) groups excluding carboxylic acids is 1. The quantitative estimate of drug-likeness (QED) is 0.730. The van der Waals surface area contributed by atoms with Crippen molar-refractivity contribution in [3.8, 4) is 0 Å². The number of rotatable bonds is 3. The molecule has 0 unspecified atom stereocenters. The summed E-state index contributed by atoms with van der Waals surface area (Å²) in [5, 5.41) is 1.02. The van der Waals surface area contributed by atoms with Gasteiger partial charge >= 0.3 is 0 Å². The highest BCUT2D eigenvalue weighted by Crippen LogP contribution is 2.22. The maximum atomic E-state index is 11.8. The van der Waals surface area contributed by atoms with Crippen LogP contribution < -0.4 is 0 Å². The van der Waals surface area contributed by atoms with Crippen LogP contribution in [0.15, 0.2) is 28.7 Å². The molecule has 0 aliphatic rings. The Kier molecular flexibility index (Phi) is 2.82. The molecule has 16 heavy (non-hydrogen) atoms. The number of benzene rings is 1. The van der Waals surface area contributed by atoms with Crippen molar-refractivity contribution >= 4 is 16.8 Å². The van der Waals surface area contributed by atoms with Crippen LogP contribution in [0.3, 0.4) is 0 Å². The van der Waals surface area contributed by atoms with E-state index in [1.165, 1.54) is 5.56 Å². The second kappa shape index (κ2) is 4.12. The van der Waals surface area contributed by atoms with E-state index < -0.39 is 0 Å². The van der Waals surface area contributed by atoms with E-state index >= 15 is 0 Å². The number of fused-ring (bicyclic) bond motifs is 1. The van der Waals surface area contributed by atoms with Crippen LogP contribution in [0.2, 0.25) is 0 Å². The van der Waals surface area contributed by atoms with E-state index in [9.17, 15) is 4.79 Å². The molecule has 84 valence electrons. The molecule has 0 fully saturated rings. The highest BCUT2D eigenvalue weighted by molar-refractivity contribution is 5.98. The molecule has 2 nitrogen and oxygen atoms in total. The highest BCUT2D eigenvalue weighted by Gasteiger charge is 2.15. The van der Waals surface area contributed by atoms with Crippen LogP contribution >= 0.6 is 0 Å². The lowest BCUT2D eigenvalue weighted by Crippen LogP contribution is -2.05. The van der Waals surface area contributed by atoms with Gasteiger partial charge in [-0.05, 0) is 30.2 Å². The highest BCUT2D eigenvalue weighted by atomic mass is 16.3. The maximum Gasteiger partial charge on any atom is 0.200 e. The molecule has 0 radical (unpaired) electrons. The predicted molar refractivity (Wildman–Crippen MR) is 64.8 cm³/mol. The minimum atomic E-state index is -0.0220. The van der Waals surface area contributed by atoms with Crippen LogP contribution in [0.1, 0.15) is 36.9 Å². The Hall–Kier alpha value is -1.57. The SMILES string of the molecule is CCc1ccc2oc(C(=O)C(C)C)cc2c1. The smallest absolute Gasteiger partial charge is 0.200 e. The lowest BCUT2D eigenvalue weighted by Gasteiger charge is -1.97. The Bertz CT molecular complexity index is 521. The molecule has 2 heteroatoms. The summed E-state index contributed by atoms with van der Waals surface area (Å²) in [5.74, 6) is 0.513.